The fraction of sp³-hybridized carbons (Fsp3) is 0.143. The maximum atomic E-state index is 12.8. The van der Waals surface area contributed by atoms with Crippen LogP contribution in [0.4, 0.5) is 17.3 Å². The molecule has 0 saturated heterocycles. The number of rotatable bonds is 4. The van der Waals surface area contributed by atoms with Gasteiger partial charge in [-0.25, -0.2) is 24.9 Å². The Bertz CT molecular complexity index is 1180. The first kappa shape index (κ1) is 18.7. The van der Waals surface area contributed by atoms with Crippen LogP contribution in [0.3, 0.4) is 0 Å². The third-order valence-electron chi connectivity index (χ3n) is 4.88. The largest absolute Gasteiger partial charge is 0.380 e. The van der Waals surface area contributed by atoms with E-state index in [-0.39, 0.29) is 11.7 Å². The van der Waals surface area contributed by atoms with Crippen molar-refractivity contribution < 1.29 is 4.79 Å². The van der Waals surface area contributed by atoms with Crippen LogP contribution in [0.25, 0.3) is 5.69 Å². The van der Waals surface area contributed by atoms with Crippen molar-refractivity contribution in [2.75, 3.05) is 23.7 Å². The summed E-state index contributed by atoms with van der Waals surface area (Å²) in [6.45, 7) is 1.46. The standard InChI is InChI=1S/C21H19N9O/c31-20(19-24-6-1-7-25-19)29-11-9-23-17-12-26-21(28-18(17)13-29)27-15-2-4-16(5-3-15)30-10-8-22-14-30/h1-8,10,12,14,23H,9,11,13H2,(H,26,27,28). The Hall–Kier alpha value is -4.34. The molecule has 1 aromatic carbocycles. The summed E-state index contributed by atoms with van der Waals surface area (Å²) in [6.07, 6.45) is 10.2. The highest BCUT2D eigenvalue weighted by Gasteiger charge is 2.23. The lowest BCUT2D eigenvalue weighted by Crippen LogP contribution is -2.34. The fourth-order valence-corrected chi connectivity index (χ4v) is 3.31. The molecule has 1 aliphatic rings. The number of nitrogens with zero attached hydrogens (tertiary/aromatic N) is 7. The second-order valence-corrected chi connectivity index (χ2v) is 6.92. The summed E-state index contributed by atoms with van der Waals surface area (Å²) in [5.74, 6) is 0.413. The maximum absolute atomic E-state index is 12.8. The average molecular weight is 413 g/mol. The average Bonchev–Trinajstić information content (AvgIpc) is 3.27. The summed E-state index contributed by atoms with van der Waals surface area (Å²) in [7, 11) is 0. The minimum Gasteiger partial charge on any atom is -0.380 e. The maximum Gasteiger partial charge on any atom is 0.292 e. The molecule has 10 nitrogen and oxygen atoms in total. The van der Waals surface area contributed by atoms with Crippen molar-refractivity contribution in [2.24, 2.45) is 0 Å². The number of amides is 1. The van der Waals surface area contributed by atoms with Crippen LogP contribution in [0.5, 0.6) is 0 Å². The third kappa shape index (κ3) is 4.04. The highest BCUT2D eigenvalue weighted by atomic mass is 16.2. The zero-order valence-corrected chi connectivity index (χ0v) is 16.5. The van der Waals surface area contributed by atoms with Crippen molar-refractivity contribution in [1.82, 2.24) is 34.4 Å². The number of imidazole rings is 1. The minimum absolute atomic E-state index is 0.177. The first-order valence-corrected chi connectivity index (χ1v) is 9.78. The summed E-state index contributed by atoms with van der Waals surface area (Å²) in [5.41, 5.74) is 3.41. The number of carbonyl (C=O) groups is 1. The van der Waals surface area contributed by atoms with Crippen molar-refractivity contribution in [3.05, 3.63) is 79.2 Å². The Morgan fingerprint density at radius 1 is 1.06 bits per heavy atom. The van der Waals surface area contributed by atoms with E-state index in [1.165, 1.54) is 0 Å². The van der Waals surface area contributed by atoms with Crippen molar-refractivity contribution in [2.45, 2.75) is 6.54 Å². The molecular weight excluding hydrogens is 394 g/mol. The number of aromatic nitrogens is 6. The number of hydrogen-bond donors (Lipinski definition) is 2. The number of benzene rings is 1. The summed E-state index contributed by atoms with van der Waals surface area (Å²) in [5, 5.41) is 6.50. The number of anilines is 3. The van der Waals surface area contributed by atoms with E-state index in [2.05, 4.69) is 35.6 Å². The smallest absolute Gasteiger partial charge is 0.292 e. The lowest BCUT2D eigenvalue weighted by atomic mass is 10.3. The zero-order chi connectivity index (χ0) is 21.0. The van der Waals surface area contributed by atoms with E-state index in [1.807, 2.05) is 35.0 Å². The van der Waals surface area contributed by atoms with Gasteiger partial charge in [-0.1, -0.05) is 0 Å². The number of nitrogens with one attached hydrogen (secondary N) is 2. The number of carbonyl (C=O) groups excluding carboxylic acids is 1. The highest BCUT2D eigenvalue weighted by Crippen LogP contribution is 2.22. The SMILES string of the molecule is O=C(c1ncccn1)N1CCNc2cnc(Nc3ccc(-n4ccnc4)cc3)nc2C1. The second-order valence-electron chi connectivity index (χ2n) is 6.92. The quantitative estimate of drug-likeness (QED) is 0.524. The molecule has 0 unspecified atom stereocenters. The predicted octanol–water partition coefficient (Wildman–Crippen LogP) is 2.26. The molecule has 0 atom stereocenters. The molecule has 0 fully saturated rings. The minimum atomic E-state index is -0.224. The van der Waals surface area contributed by atoms with Crippen molar-refractivity contribution in [3.63, 3.8) is 0 Å². The Balaban J connectivity index is 1.34. The molecule has 4 heterocycles. The zero-order valence-electron chi connectivity index (χ0n) is 16.5. The van der Waals surface area contributed by atoms with E-state index in [1.54, 1.807) is 42.1 Å². The Morgan fingerprint density at radius 2 is 1.90 bits per heavy atom. The van der Waals surface area contributed by atoms with Gasteiger partial charge in [0.2, 0.25) is 11.8 Å². The Labute approximate surface area is 178 Å². The van der Waals surface area contributed by atoms with E-state index < -0.39 is 0 Å². The summed E-state index contributed by atoms with van der Waals surface area (Å²) < 4.78 is 1.93. The van der Waals surface area contributed by atoms with Gasteiger partial charge < -0.3 is 20.1 Å². The molecule has 2 N–H and O–H groups in total. The van der Waals surface area contributed by atoms with Crippen LogP contribution >= 0.6 is 0 Å². The van der Waals surface area contributed by atoms with E-state index >= 15 is 0 Å². The topological polar surface area (TPSA) is 114 Å². The molecule has 0 spiro atoms. The van der Waals surface area contributed by atoms with Gasteiger partial charge in [0.25, 0.3) is 5.91 Å². The van der Waals surface area contributed by atoms with Crippen LogP contribution in [-0.2, 0) is 6.54 Å². The van der Waals surface area contributed by atoms with E-state index in [9.17, 15) is 4.79 Å². The van der Waals surface area contributed by atoms with Crippen LogP contribution in [0, 0.1) is 0 Å². The predicted molar refractivity (Wildman–Crippen MR) is 114 cm³/mol. The van der Waals surface area contributed by atoms with Gasteiger partial charge in [-0.05, 0) is 30.3 Å². The Kier molecular flexibility index (Phi) is 4.93. The van der Waals surface area contributed by atoms with Crippen LogP contribution in [-0.4, -0.2) is 53.4 Å². The van der Waals surface area contributed by atoms with Crippen molar-refractivity contribution >= 4 is 23.2 Å². The summed E-state index contributed by atoms with van der Waals surface area (Å²) >= 11 is 0. The van der Waals surface area contributed by atoms with Gasteiger partial charge in [0.1, 0.15) is 0 Å². The molecule has 154 valence electrons. The van der Waals surface area contributed by atoms with Gasteiger partial charge in [-0.15, -0.1) is 0 Å². The van der Waals surface area contributed by atoms with Crippen molar-refractivity contribution in [3.8, 4) is 5.69 Å². The van der Waals surface area contributed by atoms with Gasteiger partial charge in [0.15, 0.2) is 0 Å². The summed E-state index contributed by atoms with van der Waals surface area (Å²) in [6, 6.07) is 9.55. The molecular formula is C21H19N9O. The first-order chi connectivity index (χ1) is 15.3. The molecule has 0 radical (unpaired) electrons. The lowest BCUT2D eigenvalue weighted by molar-refractivity contribution is 0.0738. The molecule has 31 heavy (non-hydrogen) atoms. The molecule has 3 aromatic heterocycles. The second kappa shape index (κ2) is 8.19. The molecule has 10 heteroatoms. The lowest BCUT2D eigenvalue weighted by Gasteiger charge is -2.18. The molecule has 0 bridgehead atoms. The summed E-state index contributed by atoms with van der Waals surface area (Å²) in [4.78, 5) is 35.7. The van der Waals surface area contributed by atoms with Gasteiger partial charge >= 0.3 is 0 Å². The molecule has 0 aliphatic carbocycles. The van der Waals surface area contributed by atoms with E-state index in [0.29, 0.717) is 25.6 Å². The number of hydrogen-bond acceptors (Lipinski definition) is 8. The van der Waals surface area contributed by atoms with Crippen LogP contribution in [0.15, 0.2) is 67.6 Å². The molecule has 4 aromatic rings. The van der Waals surface area contributed by atoms with Crippen LogP contribution < -0.4 is 10.6 Å². The monoisotopic (exact) mass is 413 g/mol. The highest BCUT2D eigenvalue weighted by molar-refractivity contribution is 5.90. The Morgan fingerprint density at radius 3 is 2.68 bits per heavy atom. The number of fused-ring (bicyclic) bond motifs is 1. The fourth-order valence-electron chi connectivity index (χ4n) is 3.31. The van der Waals surface area contributed by atoms with Gasteiger partial charge in [0.05, 0.1) is 30.5 Å². The van der Waals surface area contributed by atoms with Crippen LogP contribution in [0.1, 0.15) is 16.3 Å². The van der Waals surface area contributed by atoms with Gasteiger partial charge in [-0.3, -0.25) is 4.79 Å². The molecule has 1 aliphatic heterocycles. The van der Waals surface area contributed by atoms with E-state index in [0.717, 1.165) is 22.8 Å². The van der Waals surface area contributed by atoms with Crippen molar-refractivity contribution in [1.29, 1.82) is 0 Å². The molecule has 5 rings (SSSR count). The van der Waals surface area contributed by atoms with E-state index in [4.69, 9.17) is 0 Å². The normalized spacial score (nSPS) is 13.1. The molecule has 1 amide bonds. The third-order valence-corrected chi connectivity index (χ3v) is 4.88. The molecule has 0 saturated carbocycles. The van der Waals surface area contributed by atoms with Gasteiger partial charge in [-0.2, -0.15) is 0 Å². The first-order valence-electron chi connectivity index (χ1n) is 9.78. The van der Waals surface area contributed by atoms with Crippen LogP contribution in [0.2, 0.25) is 0 Å². The van der Waals surface area contributed by atoms with Gasteiger partial charge in [0, 0.05) is 49.3 Å².